The second-order valence-corrected chi connectivity index (χ2v) is 9.22. The molecule has 1 saturated carbocycles. The quantitative estimate of drug-likeness (QED) is 0.555. The Labute approximate surface area is 182 Å². The second kappa shape index (κ2) is 8.55. The molecule has 0 heterocycles. The van der Waals surface area contributed by atoms with Crippen molar-refractivity contribution in [3.8, 4) is 11.1 Å². The van der Waals surface area contributed by atoms with E-state index in [1.54, 1.807) is 12.1 Å². The van der Waals surface area contributed by atoms with E-state index in [2.05, 4.69) is 0 Å². The van der Waals surface area contributed by atoms with Crippen molar-refractivity contribution in [2.24, 2.45) is 17.8 Å². The molecular formula is C26H28ClFO2. The van der Waals surface area contributed by atoms with Crippen LogP contribution in [0.1, 0.15) is 57.1 Å². The maximum absolute atomic E-state index is 14.0. The lowest BCUT2D eigenvalue weighted by atomic mass is 9.74. The third-order valence-electron chi connectivity index (χ3n) is 7.04. The van der Waals surface area contributed by atoms with Crippen molar-refractivity contribution in [2.75, 3.05) is 0 Å². The van der Waals surface area contributed by atoms with Crippen LogP contribution in [0.5, 0.6) is 0 Å². The highest BCUT2D eigenvalue weighted by atomic mass is 35.5. The molecule has 5 rings (SSSR count). The van der Waals surface area contributed by atoms with E-state index in [9.17, 15) is 14.3 Å². The molecule has 158 valence electrons. The van der Waals surface area contributed by atoms with E-state index in [1.807, 2.05) is 32.0 Å². The van der Waals surface area contributed by atoms with E-state index in [0.29, 0.717) is 29.4 Å². The number of ketones is 1. The molecule has 0 saturated heterocycles. The van der Waals surface area contributed by atoms with Gasteiger partial charge < -0.3 is 5.11 Å². The van der Waals surface area contributed by atoms with Gasteiger partial charge >= 0.3 is 0 Å². The number of halogens is 2. The summed E-state index contributed by atoms with van der Waals surface area (Å²) in [4.78, 5) is 13.6. The first-order chi connectivity index (χ1) is 14.4. The number of aliphatic hydroxyl groups is 1. The monoisotopic (exact) mass is 426 g/mol. The minimum atomic E-state index is -0.471. The molecule has 0 spiro atoms. The van der Waals surface area contributed by atoms with Crippen molar-refractivity contribution in [1.82, 2.24) is 0 Å². The van der Waals surface area contributed by atoms with Gasteiger partial charge in [-0.05, 0) is 84.4 Å². The average molecular weight is 427 g/mol. The van der Waals surface area contributed by atoms with Gasteiger partial charge in [0, 0.05) is 12.3 Å². The molecule has 2 bridgehead atoms. The Bertz CT molecular complexity index is 1000. The Morgan fingerprint density at radius 1 is 1.07 bits per heavy atom. The number of hydrogen-bond donors (Lipinski definition) is 1. The molecule has 0 aliphatic heterocycles. The van der Waals surface area contributed by atoms with Gasteiger partial charge in [0.25, 0.3) is 0 Å². The lowest BCUT2D eigenvalue weighted by Crippen LogP contribution is -2.25. The molecule has 3 aliphatic rings. The molecule has 2 aromatic rings. The number of benzene rings is 2. The minimum absolute atomic E-state index is 0.0363. The van der Waals surface area contributed by atoms with Gasteiger partial charge in [0.05, 0.1) is 10.6 Å². The van der Waals surface area contributed by atoms with Crippen molar-refractivity contribution in [1.29, 1.82) is 0 Å². The van der Waals surface area contributed by atoms with Gasteiger partial charge in [-0.3, -0.25) is 4.79 Å². The second-order valence-electron chi connectivity index (χ2n) is 8.81. The first kappa shape index (κ1) is 21.1. The fourth-order valence-electron chi connectivity index (χ4n) is 5.11. The summed E-state index contributed by atoms with van der Waals surface area (Å²) in [5, 5.41) is 11.2. The zero-order valence-electron chi connectivity index (χ0n) is 17.6. The molecule has 3 aliphatic carbocycles. The van der Waals surface area contributed by atoms with Crippen LogP contribution in [-0.4, -0.2) is 10.9 Å². The maximum Gasteiger partial charge on any atom is 0.169 e. The van der Waals surface area contributed by atoms with E-state index in [1.165, 1.54) is 6.07 Å². The lowest BCUT2D eigenvalue weighted by molar-refractivity contribution is -0.118. The predicted molar refractivity (Wildman–Crippen MR) is 120 cm³/mol. The SMILES string of the molecule is CCc1ccc(-c2ccc(Cl)c(F)c2)cc1/C1=C(\O)C[C@H]2CC[C@H](CC2)[C@H](C)C1=O. The zero-order chi connectivity index (χ0) is 21.4. The first-order valence-electron chi connectivity index (χ1n) is 10.9. The van der Waals surface area contributed by atoms with Crippen molar-refractivity contribution >= 4 is 23.0 Å². The van der Waals surface area contributed by atoms with Crippen LogP contribution in [-0.2, 0) is 11.2 Å². The van der Waals surface area contributed by atoms with Crippen LogP contribution in [0.25, 0.3) is 16.7 Å². The summed E-state index contributed by atoms with van der Waals surface area (Å²) in [6.07, 6.45) is 5.57. The molecule has 2 nitrogen and oxygen atoms in total. The van der Waals surface area contributed by atoms with Crippen molar-refractivity contribution in [3.63, 3.8) is 0 Å². The van der Waals surface area contributed by atoms with Crippen LogP contribution in [0.15, 0.2) is 42.2 Å². The molecule has 30 heavy (non-hydrogen) atoms. The first-order valence-corrected chi connectivity index (χ1v) is 11.3. The molecule has 1 atom stereocenters. The lowest BCUT2D eigenvalue weighted by Gasteiger charge is -2.29. The van der Waals surface area contributed by atoms with E-state index in [4.69, 9.17) is 11.6 Å². The standard InChI is InChI=1S/C26H28ClFO2/c1-3-17-8-9-19(20-10-11-22(27)23(28)14-20)13-21(17)25-24(29)12-16-4-6-18(7-5-16)15(2)26(25)30/h8-11,13-16,18,29H,3-7,12H2,1-2H3/b25-24+/t15-,16-,18+/m0/s1. The van der Waals surface area contributed by atoms with Crippen molar-refractivity contribution in [2.45, 2.75) is 52.4 Å². The summed E-state index contributed by atoms with van der Waals surface area (Å²) in [5.74, 6) is 0.493. The van der Waals surface area contributed by atoms with Crippen molar-refractivity contribution in [3.05, 3.63) is 64.1 Å². The molecule has 0 radical (unpaired) electrons. The Hall–Kier alpha value is -2.13. The number of hydrogen-bond acceptors (Lipinski definition) is 2. The summed E-state index contributed by atoms with van der Waals surface area (Å²) in [5.41, 5.74) is 3.77. The topological polar surface area (TPSA) is 37.3 Å². The number of rotatable bonds is 3. The zero-order valence-corrected chi connectivity index (χ0v) is 18.3. The molecule has 1 fully saturated rings. The van der Waals surface area contributed by atoms with Gasteiger partial charge in [-0.15, -0.1) is 0 Å². The third-order valence-corrected chi connectivity index (χ3v) is 7.35. The Balaban J connectivity index is 1.86. The van der Waals surface area contributed by atoms with E-state index >= 15 is 0 Å². The van der Waals surface area contributed by atoms with E-state index < -0.39 is 5.82 Å². The summed E-state index contributed by atoms with van der Waals surface area (Å²) >= 11 is 5.85. The van der Waals surface area contributed by atoms with Gasteiger partial charge in [-0.1, -0.05) is 43.6 Å². The highest BCUT2D eigenvalue weighted by Gasteiger charge is 2.35. The number of Topliss-reactive ketones (excluding diaryl/α,β-unsaturated/α-hetero) is 1. The number of aryl methyl sites for hydroxylation is 1. The minimum Gasteiger partial charge on any atom is -0.512 e. The molecule has 0 amide bonds. The number of aliphatic hydroxyl groups excluding tert-OH is 1. The van der Waals surface area contributed by atoms with Gasteiger partial charge in [-0.2, -0.15) is 0 Å². The summed E-state index contributed by atoms with van der Waals surface area (Å²) in [6, 6.07) is 10.6. The summed E-state index contributed by atoms with van der Waals surface area (Å²) in [7, 11) is 0. The normalized spacial score (nSPS) is 26.9. The largest absolute Gasteiger partial charge is 0.512 e. The van der Waals surface area contributed by atoms with Crippen LogP contribution in [0.4, 0.5) is 4.39 Å². The van der Waals surface area contributed by atoms with Gasteiger partial charge in [0.2, 0.25) is 0 Å². The highest BCUT2D eigenvalue weighted by molar-refractivity contribution is 6.30. The highest BCUT2D eigenvalue weighted by Crippen LogP contribution is 2.42. The van der Waals surface area contributed by atoms with Crippen LogP contribution < -0.4 is 0 Å². The van der Waals surface area contributed by atoms with Crippen LogP contribution in [0.3, 0.4) is 0 Å². The van der Waals surface area contributed by atoms with Crippen molar-refractivity contribution < 1.29 is 14.3 Å². The summed E-state index contributed by atoms with van der Waals surface area (Å²) < 4.78 is 14.0. The van der Waals surface area contributed by atoms with Gasteiger partial charge in [-0.25, -0.2) is 4.39 Å². The smallest absolute Gasteiger partial charge is 0.169 e. The van der Waals surface area contributed by atoms with Gasteiger partial charge in [0.1, 0.15) is 11.6 Å². The Morgan fingerprint density at radius 3 is 2.40 bits per heavy atom. The number of carbonyl (C=O) groups is 1. The average Bonchev–Trinajstić information content (AvgIpc) is 2.81. The van der Waals surface area contributed by atoms with Crippen LogP contribution in [0, 0.1) is 23.6 Å². The maximum atomic E-state index is 14.0. The molecule has 1 N–H and O–H groups in total. The molecule has 0 aromatic heterocycles. The van der Waals surface area contributed by atoms with E-state index in [-0.39, 0.29) is 22.5 Å². The Kier molecular flexibility index (Phi) is 6.02. The van der Waals surface area contributed by atoms with Crippen LogP contribution in [0.2, 0.25) is 5.02 Å². The van der Waals surface area contributed by atoms with E-state index in [0.717, 1.165) is 48.8 Å². The number of fused-ring (bicyclic) bond motifs is 5. The van der Waals surface area contributed by atoms with Gasteiger partial charge in [0.15, 0.2) is 5.78 Å². The summed E-state index contributed by atoms with van der Waals surface area (Å²) in [6.45, 7) is 4.06. The fraction of sp³-hybridized carbons (Fsp3) is 0.423. The molecule has 2 aromatic carbocycles. The molecule has 0 unspecified atom stereocenters. The molecular weight excluding hydrogens is 399 g/mol. The predicted octanol–water partition coefficient (Wildman–Crippen LogP) is 7.39. The number of carbonyl (C=O) groups excluding carboxylic acids is 1. The third kappa shape index (κ3) is 3.92. The fourth-order valence-corrected chi connectivity index (χ4v) is 5.23. The van der Waals surface area contributed by atoms with Crippen LogP contribution >= 0.6 is 11.6 Å². The molecule has 4 heteroatoms. The Morgan fingerprint density at radius 2 is 1.73 bits per heavy atom. The number of allylic oxidation sites excluding steroid dienone is 2.